The van der Waals surface area contributed by atoms with E-state index < -0.39 is 5.25 Å². The fourth-order valence-electron chi connectivity index (χ4n) is 3.50. The first-order valence-corrected chi connectivity index (χ1v) is 12.2. The molecule has 0 radical (unpaired) electrons. The SMILES string of the molecule is CC(Sc1nc2ccccc2c(=O)n1-c1ccccc1C(C)C)C(=O)Nc1sccc1C#N. The molecule has 2 aromatic heterocycles. The van der Waals surface area contributed by atoms with E-state index in [9.17, 15) is 14.9 Å². The van der Waals surface area contributed by atoms with Gasteiger partial charge in [-0.2, -0.15) is 5.26 Å². The molecule has 8 heteroatoms. The second-order valence-corrected chi connectivity index (χ2v) is 10.0. The average molecular weight is 475 g/mol. The molecule has 0 saturated carbocycles. The number of anilines is 1. The number of thiophene rings is 1. The zero-order chi connectivity index (χ0) is 23.5. The van der Waals surface area contributed by atoms with Crippen LogP contribution in [0, 0.1) is 11.3 Å². The quantitative estimate of drug-likeness (QED) is 0.292. The van der Waals surface area contributed by atoms with Crippen molar-refractivity contribution < 1.29 is 4.79 Å². The maximum Gasteiger partial charge on any atom is 0.266 e. The largest absolute Gasteiger partial charge is 0.316 e. The molecule has 0 saturated heterocycles. The maximum absolute atomic E-state index is 13.6. The Morgan fingerprint density at radius 2 is 1.85 bits per heavy atom. The van der Waals surface area contributed by atoms with Gasteiger partial charge in [-0.1, -0.05) is 55.9 Å². The minimum atomic E-state index is -0.552. The Balaban J connectivity index is 1.79. The van der Waals surface area contributed by atoms with Crippen LogP contribution in [0.15, 0.2) is 69.9 Å². The molecular formula is C25H22N4O2S2. The number of benzene rings is 2. The lowest BCUT2D eigenvalue weighted by atomic mass is 10.0. The van der Waals surface area contributed by atoms with Crippen LogP contribution in [0.4, 0.5) is 5.00 Å². The topological polar surface area (TPSA) is 87.8 Å². The minimum absolute atomic E-state index is 0.172. The van der Waals surface area contributed by atoms with Crippen LogP contribution in [-0.2, 0) is 4.79 Å². The van der Waals surface area contributed by atoms with Crippen LogP contribution in [0.1, 0.15) is 37.8 Å². The van der Waals surface area contributed by atoms with E-state index in [1.54, 1.807) is 35.1 Å². The zero-order valence-electron chi connectivity index (χ0n) is 18.4. The zero-order valence-corrected chi connectivity index (χ0v) is 20.0. The molecule has 0 aliphatic rings. The summed E-state index contributed by atoms with van der Waals surface area (Å²) in [6.07, 6.45) is 0. The molecule has 2 aromatic carbocycles. The van der Waals surface area contributed by atoms with E-state index in [1.165, 1.54) is 23.1 Å². The summed E-state index contributed by atoms with van der Waals surface area (Å²) >= 11 is 2.52. The van der Waals surface area contributed by atoms with Crippen LogP contribution in [0.3, 0.4) is 0 Å². The second-order valence-electron chi connectivity index (χ2n) is 7.79. The van der Waals surface area contributed by atoms with Crippen molar-refractivity contribution in [3.05, 3.63) is 81.5 Å². The molecule has 1 unspecified atom stereocenters. The number of nitrogens with zero attached hydrogens (tertiary/aromatic N) is 3. The molecule has 1 amide bonds. The van der Waals surface area contributed by atoms with Gasteiger partial charge in [0.25, 0.3) is 5.56 Å². The number of rotatable bonds is 6. The van der Waals surface area contributed by atoms with E-state index in [4.69, 9.17) is 4.98 Å². The van der Waals surface area contributed by atoms with Gasteiger partial charge in [-0.05, 0) is 48.1 Å². The van der Waals surface area contributed by atoms with Crippen molar-refractivity contribution in [2.45, 2.75) is 37.1 Å². The van der Waals surface area contributed by atoms with Gasteiger partial charge in [0, 0.05) is 0 Å². The smallest absolute Gasteiger partial charge is 0.266 e. The number of thioether (sulfide) groups is 1. The summed E-state index contributed by atoms with van der Waals surface area (Å²) in [4.78, 5) is 31.3. The number of nitrogens with one attached hydrogen (secondary N) is 1. The summed E-state index contributed by atoms with van der Waals surface area (Å²) < 4.78 is 1.61. The van der Waals surface area contributed by atoms with Gasteiger partial charge in [0.15, 0.2) is 5.16 Å². The highest BCUT2D eigenvalue weighted by molar-refractivity contribution is 8.00. The van der Waals surface area contributed by atoms with Crippen LogP contribution < -0.4 is 10.9 Å². The van der Waals surface area contributed by atoms with Crippen molar-refractivity contribution in [1.82, 2.24) is 9.55 Å². The first-order valence-electron chi connectivity index (χ1n) is 10.5. The summed E-state index contributed by atoms with van der Waals surface area (Å²) in [6.45, 7) is 5.92. The lowest BCUT2D eigenvalue weighted by Gasteiger charge is -2.19. The molecule has 4 rings (SSSR count). The van der Waals surface area contributed by atoms with E-state index >= 15 is 0 Å². The van der Waals surface area contributed by atoms with Crippen LogP contribution in [0.5, 0.6) is 0 Å². The Hall–Kier alpha value is -3.41. The fraction of sp³-hybridized carbons (Fsp3) is 0.200. The lowest BCUT2D eigenvalue weighted by Crippen LogP contribution is -2.26. The van der Waals surface area contributed by atoms with E-state index in [0.717, 1.165) is 11.3 Å². The molecule has 0 aliphatic heterocycles. The number of fused-ring (bicyclic) bond motifs is 1. The molecule has 0 bridgehead atoms. The van der Waals surface area contributed by atoms with Crippen molar-refractivity contribution in [2.24, 2.45) is 0 Å². The van der Waals surface area contributed by atoms with Crippen molar-refractivity contribution in [2.75, 3.05) is 5.32 Å². The summed E-state index contributed by atoms with van der Waals surface area (Å²) in [5.74, 6) is -0.0635. The molecule has 0 spiro atoms. The van der Waals surface area contributed by atoms with Crippen LogP contribution >= 0.6 is 23.1 Å². The summed E-state index contributed by atoms with van der Waals surface area (Å²) in [5, 5.41) is 14.7. The summed E-state index contributed by atoms with van der Waals surface area (Å²) in [7, 11) is 0. The molecule has 1 N–H and O–H groups in total. The van der Waals surface area contributed by atoms with Crippen LogP contribution in [-0.4, -0.2) is 20.7 Å². The number of hydrogen-bond acceptors (Lipinski definition) is 6. The Morgan fingerprint density at radius 1 is 1.12 bits per heavy atom. The van der Waals surface area contributed by atoms with Gasteiger partial charge in [-0.3, -0.25) is 14.2 Å². The first-order chi connectivity index (χ1) is 15.9. The molecule has 6 nitrogen and oxygen atoms in total. The first kappa shape index (κ1) is 22.8. The molecule has 33 heavy (non-hydrogen) atoms. The van der Waals surface area contributed by atoms with Gasteiger partial charge < -0.3 is 5.32 Å². The average Bonchev–Trinajstić information content (AvgIpc) is 3.26. The number of nitriles is 1. The predicted octanol–water partition coefficient (Wildman–Crippen LogP) is 5.56. The van der Waals surface area contributed by atoms with Gasteiger partial charge in [0.1, 0.15) is 11.1 Å². The monoisotopic (exact) mass is 474 g/mol. The molecule has 2 heterocycles. The van der Waals surface area contributed by atoms with Gasteiger partial charge >= 0.3 is 0 Å². The Labute approximate surface area is 199 Å². The summed E-state index contributed by atoms with van der Waals surface area (Å²) in [6, 6.07) is 18.7. The molecule has 1 atom stereocenters. The number of aromatic nitrogens is 2. The van der Waals surface area contributed by atoms with Crippen LogP contribution in [0.25, 0.3) is 16.6 Å². The fourth-order valence-corrected chi connectivity index (χ4v) is 5.16. The Morgan fingerprint density at radius 3 is 2.61 bits per heavy atom. The van der Waals surface area contributed by atoms with Crippen LogP contribution in [0.2, 0.25) is 0 Å². The third-order valence-corrected chi connectivity index (χ3v) is 7.10. The highest BCUT2D eigenvalue weighted by atomic mass is 32.2. The van der Waals surface area contributed by atoms with E-state index in [-0.39, 0.29) is 17.4 Å². The summed E-state index contributed by atoms with van der Waals surface area (Å²) in [5.41, 5.74) is 2.62. The highest BCUT2D eigenvalue weighted by Gasteiger charge is 2.22. The maximum atomic E-state index is 13.6. The third-order valence-electron chi connectivity index (χ3n) is 5.22. The molecule has 0 aliphatic carbocycles. The van der Waals surface area contributed by atoms with Crippen molar-refractivity contribution in [3.8, 4) is 11.8 Å². The Bertz CT molecular complexity index is 1430. The van der Waals surface area contributed by atoms with Crippen molar-refractivity contribution in [3.63, 3.8) is 0 Å². The second kappa shape index (κ2) is 9.61. The molecule has 0 fully saturated rings. The number of carbonyl (C=O) groups excluding carboxylic acids is 1. The van der Waals surface area contributed by atoms with Crippen molar-refractivity contribution >= 4 is 44.9 Å². The predicted molar refractivity (Wildman–Crippen MR) is 134 cm³/mol. The number of amides is 1. The lowest BCUT2D eigenvalue weighted by molar-refractivity contribution is -0.115. The third kappa shape index (κ3) is 4.56. The number of para-hydroxylation sites is 2. The van der Waals surface area contributed by atoms with Gasteiger partial charge in [0.2, 0.25) is 5.91 Å². The molecule has 166 valence electrons. The highest BCUT2D eigenvalue weighted by Crippen LogP contribution is 2.30. The molecule has 4 aromatic rings. The van der Waals surface area contributed by atoms with E-state index in [2.05, 4.69) is 25.2 Å². The van der Waals surface area contributed by atoms with Gasteiger partial charge in [0.05, 0.1) is 27.4 Å². The van der Waals surface area contributed by atoms with E-state index in [1.807, 2.05) is 36.4 Å². The van der Waals surface area contributed by atoms with Gasteiger partial charge in [-0.25, -0.2) is 4.98 Å². The Kier molecular flexibility index (Phi) is 6.63. The van der Waals surface area contributed by atoms with E-state index in [0.29, 0.717) is 26.6 Å². The number of carbonyl (C=O) groups is 1. The van der Waals surface area contributed by atoms with Gasteiger partial charge in [-0.15, -0.1) is 11.3 Å². The minimum Gasteiger partial charge on any atom is -0.316 e. The number of hydrogen-bond donors (Lipinski definition) is 1. The van der Waals surface area contributed by atoms with Crippen molar-refractivity contribution in [1.29, 1.82) is 5.26 Å². The molecular weight excluding hydrogens is 452 g/mol. The normalized spacial score (nSPS) is 12.0. The standard InChI is InChI=1S/C25H22N4O2S2/c1-15(2)18-8-5-7-11-21(18)29-24(31)19-9-4-6-10-20(19)27-25(29)33-16(3)22(30)28-23-17(14-26)12-13-32-23/h4-13,15-16H,1-3H3,(H,28,30).